The van der Waals surface area contributed by atoms with E-state index in [1.54, 1.807) is 12.4 Å². The van der Waals surface area contributed by atoms with Crippen molar-refractivity contribution in [1.82, 2.24) is 4.98 Å². The number of nitrogens with zero attached hydrogens (tertiary/aromatic N) is 1. The number of anilines is 2. The van der Waals surface area contributed by atoms with Gasteiger partial charge in [0.25, 0.3) is 0 Å². The molecule has 0 saturated carbocycles. The first-order valence-electron chi connectivity index (χ1n) is 4.72. The van der Waals surface area contributed by atoms with Crippen molar-refractivity contribution < 1.29 is 0 Å². The molecule has 0 aromatic carbocycles. The van der Waals surface area contributed by atoms with E-state index in [-0.39, 0.29) is 0 Å². The lowest BCUT2D eigenvalue weighted by Crippen LogP contribution is -2.21. The van der Waals surface area contributed by atoms with Gasteiger partial charge in [0.15, 0.2) is 0 Å². The molecule has 1 rings (SSSR count). The fraction of sp³-hybridized carbons (Fsp3) is 0.500. The van der Waals surface area contributed by atoms with Crippen molar-refractivity contribution in [2.75, 3.05) is 23.1 Å². The molecule has 0 aliphatic carbocycles. The van der Waals surface area contributed by atoms with Crippen molar-refractivity contribution in [3.8, 4) is 0 Å². The number of rotatable bonds is 5. The second-order valence-electron chi connectivity index (χ2n) is 3.17. The third-order valence-electron chi connectivity index (χ3n) is 2.07. The summed E-state index contributed by atoms with van der Waals surface area (Å²) >= 11 is 1.84. The van der Waals surface area contributed by atoms with E-state index >= 15 is 0 Å². The molecule has 4 heteroatoms. The van der Waals surface area contributed by atoms with Crippen LogP contribution in [0.5, 0.6) is 0 Å². The molecule has 1 atom stereocenters. The minimum absolute atomic E-state index is 0.481. The van der Waals surface area contributed by atoms with Crippen molar-refractivity contribution in [3.05, 3.63) is 18.5 Å². The fourth-order valence-corrected chi connectivity index (χ4v) is 1.94. The predicted molar refractivity (Wildman–Crippen MR) is 64.7 cm³/mol. The molecular formula is C10H17N3S. The minimum atomic E-state index is 0.481. The second kappa shape index (κ2) is 5.75. The molecule has 1 heterocycles. The largest absolute Gasteiger partial charge is 0.396 e. The van der Waals surface area contributed by atoms with Crippen LogP contribution in [0.4, 0.5) is 11.4 Å². The maximum Gasteiger partial charge on any atom is 0.0736 e. The molecule has 1 aromatic heterocycles. The highest BCUT2D eigenvalue weighted by Crippen LogP contribution is 2.18. The Hall–Kier alpha value is -0.900. The standard InChI is InChI=1S/C10H17N3S/c1-3-8(7-14-2)13-10-4-5-12-6-9(10)11/h4-6,8H,3,7,11H2,1-2H3,(H,12,13). The number of hydrogen-bond donors (Lipinski definition) is 2. The molecule has 0 radical (unpaired) electrons. The number of thioether (sulfide) groups is 1. The highest BCUT2D eigenvalue weighted by atomic mass is 32.2. The summed E-state index contributed by atoms with van der Waals surface area (Å²) in [6.45, 7) is 2.17. The molecule has 3 nitrogen and oxygen atoms in total. The molecule has 78 valence electrons. The van der Waals surface area contributed by atoms with Crippen LogP contribution in [0.2, 0.25) is 0 Å². The number of nitrogen functional groups attached to an aromatic ring is 1. The summed E-state index contributed by atoms with van der Waals surface area (Å²) in [6.07, 6.45) is 6.64. The zero-order chi connectivity index (χ0) is 10.4. The summed E-state index contributed by atoms with van der Waals surface area (Å²) in [4.78, 5) is 3.95. The van der Waals surface area contributed by atoms with Gasteiger partial charge in [-0.2, -0.15) is 11.8 Å². The van der Waals surface area contributed by atoms with Crippen molar-refractivity contribution in [2.24, 2.45) is 0 Å². The van der Waals surface area contributed by atoms with Gasteiger partial charge in [-0.1, -0.05) is 6.92 Å². The van der Waals surface area contributed by atoms with Gasteiger partial charge >= 0.3 is 0 Å². The van der Waals surface area contributed by atoms with Crippen molar-refractivity contribution in [1.29, 1.82) is 0 Å². The number of hydrogen-bond acceptors (Lipinski definition) is 4. The number of pyridine rings is 1. The van der Waals surface area contributed by atoms with E-state index in [2.05, 4.69) is 23.5 Å². The Labute approximate surface area is 89.5 Å². The summed E-state index contributed by atoms with van der Waals surface area (Å²) < 4.78 is 0. The zero-order valence-corrected chi connectivity index (χ0v) is 9.47. The molecule has 0 fully saturated rings. The van der Waals surface area contributed by atoms with E-state index in [1.807, 2.05) is 17.8 Å². The summed E-state index contributed by atoms with van der Waals surface area (Å²) in [5.41, 5.74) is 7.49. The zero-order valence-electron chi connectivity index (χ0n) is 8.66. The molecule has 0 aliphatic heterocycles. The quantitative estimate of drug-likeness (QED) is 0.784. The normalized spacial score (nSPS) is 12.4. The lowest BCUT2D eigenvalue weighted by Gasteiger charge is -2.17. The summed E-state index contributed by atoms with van der Waals surface area (Å²) in [7, 11) is 0. The van der Waals surface area contributed by atoms with Crippen molar-refractivity contribution in [2.45, 2.75) is 19.4 Å². The van der Waals surface area contributed by atoms with Crippen molar-refractivity contribution in [3.63, 3.8) is 0 Å². The fourth-order valence-electron chi connectivity index (χ4n) is 1.22. The van der Waals surface area contributed by atoms with Crippen LogP contribution in [0.1, 0.15) is 13.3 Å². The average molecular weight is 211 g/mol. The van der Waals surface area contributed by atoms with Gasteiger partial charge in [0, 0.05) is 18.0 Å². The van der Waals surface area contributed by atoms with Crippen LogP contribution in [-0.4, -0.2) is 23.0 Å². The van der Waals surface area contributed by atoms with Gasteiger partial charge in [0.1, 0.15) is 0 Å². The lowest BCUT2D eigenvalue weighted by atomic mass is 10.2. The van der Waals surface area contributed by atoms with Crippen LogP contribution in [0.3, 0.4) is 0 Å². The van der Waals surface area contributed by atoms with E-state index in [1.165, 1.54) is 0 Å². The van der Waals surface area contributed by atoms with Gasteiger partial charge < -0.3 is 11.1 Å². The average Bonchev–Trinajstić information content (AvgIpc) is 2.20. The topological polar surface area (TPSA) is 50.9 Å². The van der Waals surface area contributed by atoms with E-state index in [0.717, 1.165) is 17.9 Å². The first-order chi connectivity index (χ1) is 6.77. The molecule has 3 N–H and O–H groups in total. The van der Waals surface area contributed by atoms with Crippen LogP contribution in [0, 0.1) is 0 Å². The molecule has 1 unspecified atom stereocenters. The van der Waals surface area contributed by atoms with Gasteiger partial charge in [-0.25, -0.2) is 0 Å². The van der Waals surface area contributed by atoms with Gasteiger partial charge in [0.05, 0.1) is 17.6 Å². The Morgan fingerprint density at radius 1 is 1.64 bits per heavy atom. The maximum atomic E-state index is 5.79. The molecule has 1 aromatic rings. The van der Waals surface area contributed by atoms with Crippen LogP contribution in [-0.2, 0) is 0 Å². The Morgan fingerprint density at radius 3 is 3.00 bits per heavy atom. The first-order valence-corrected chi connectivity index (χ1v) is 6.12. The highest BCUT2D eigenvalue weighted by molar-refractivity contribution is 7.98. The minimum Gasteiger partial charge on any atom is -0.396 e. The summed E-state index contributed by atoms with van der Waals surface area (Å²) in [6, 6.07) is 2.40. The monoisotopic (exact) mass is 211 g/mol. The number of nitrogens with one attached hydrogen (secondary N) is 1. The Kier molecular flexibility index (Phi) is 4.59. The van der Waals surface area contributed by atoms with Gasteiger partial charge in [0.2, 0.25) is 0 Å². The van der Waals surface area contributed by atoms with Gasteiger partial charge in [-0.3, -0.25) is 4.98 Å². The molecule has 14 heavy (non-hydrogen) atoms. The van der Waals surface area contributed by atoms with E-state index < -0.39 is 0 Å². The summed E-state index contributed by atoms with van der Waals surface area (Å²) in [5, 5.41) is 3.41. The third kappa shape index (κ3) is 3.10. The van der Waals surface area contributed by atoms with Crippen LogP contribution in [0.15, 0.2) is 18.5 Å². The van der Waals surface area contributed by atoms with E-state index in [0.29, 0.717) is 11.7 Å². The first kappa shape index (κ1) is 11.2. The van der Waals surface area contributed by atoms with Gasteiger partial charge in [-0.15, -0.1) is 0 Å². The van der Waals surface area contributed by atoms with Crippen LogP contribution in [0.25, 0.3) is 0 Å². The summed E-state index contributed by atoms with van der Waals surface area (Å²) in [5.74, 6) is 1.10. The Morgan fingerprint density at radius 2 is 2.43 bits per heavy atom. The second-order valence-corrected chi connectivity index (χ2v) is 4.08. The van der Waals surface area contributed by atoms with Gasteiger partial charge in [-0.05, 0) is 18.7 Å². The lowest BCUT2D eigenvalue weighted by molar-refractivity contribution is 0.775. The number of aromatic nitrogens is 1. The van der Waals surface area contributed by atoms with E-state index in [9.17, 15) is 0 Å². The number of nitrogens with two attached hydrogens (primary N) is 1. The smallest absolute Gasteiger partial charge is 0.0736 e. The maximum absolute atomic E-state index is 5.79. The molecular weight excluding hydrogens is 194 g/mol. The molecule has 0 spiro atoms. The highest BCUT2D eigenvalue weighted by Gasteiger charge is 2.06. The molecule has 0 amide bonds. The Balaban J connectivity index is 2.62. The SMILES string of the molecule is CCC(CSC)Nc1ccncc1N. The van der Waals surface area contributed by atoms with Crippen molar-refractivity contribution >= 4 is 23.1 Å². The van der Waals surface area contributed by atoms with Crippen LogP contribution < -0.4 is 11.1 Å². The van der Waals surface area contributed by atoms with E-state index in [4.69, 9.17) is 5.73 Å². The molecule has 0 saturated heterocycles. The predicted octanol–water partition coefficient (Wildman–Crippen LogP) is 2.22. The molecule has 0 aliphatic rings. The molecule has 0 bridgehead atoms. The Bertz CT molecular complexity index is 278. The third-order valence-corrected chi connectivity index (χ3v) is 2.81. The van der Waals surface area contributed by atoms with Crippen LogP contribution >= 0.6 is 11.8 Å².